The van der Waals surface area contributed by atoms with E-state index < -0.39 is 43.3 Å². The monoisotopic (exact) mass is 337 g/mol. The van der Waals surface area contributed by atoms with E-state index >= 15 is 0 Å². The number of carbonyl (C=O) groups excluding carboxylic acids is 1. The number of nitrogens with one attached hydrogen (secondary N) is 1. The van der Waals surface area contributed by atoms with E-state index in [9.17, 15) is 25.2 Å². The Hall–Kier alpha value is -0.750. The van der Waals surface area contributed by atoms with Gasteiger partial charge in [-0.15, -0.1) is 0 Å². The van der Waals surface area contributed by atoms with E-state index in [2.05, 4.69) is 5.48 Å². The third kappa shape index (κ3) is 4.63. The molecule has 0 saturated carbocycles. The second kappa shape index (κ2) is 8.92. The third-order valence-corrected chi connectivity index (χ3v) is 3.28. The quantitative estimate of drug-likeness (QED) is 0.261. The molecule has 1 unspecified atom stereocenters. The molecule has 2 rings (SSSR count). The van der Waals surface area contributed by atoms with E-state index in [4.69, 9.17) is 14.7 Å². The molecule has 0 aliphatic carbocycles. The summed E-state index contributed by atoms with van der Waals surface area (Å²) in [6.45, 7) is -0.597. The molecule has 10 heteroatoms. The van der Waals surface area contributed by atoms with Gasteiger partial charge in [-0.3, -0.25) is 5.48 Å². The van der Waals surface area contributed by atoms with Gasteiger partial charge >= 0.3 is 29.6 Å². The maximum atomic E-state index is 10.9. The Kier molecular flexibility index (Phi) is 7.87. The zero-order valence-corrected chi connectivity index (χ0v) is 14.3. The van der Waals surface area contributed by atoms with Gasteiger partial charge in [-0.1, -0.05) is 18.2 Å². The number of aliphatic hydroxyl groups is 4. The summed E-state index contributed by atoms with van der Waals surface area (Å²) in [6.07, 6.45) is -7.24. The summed E-state index contributed by atoms with van der Waals surface area (Å²) in [5.74, 6) is -1.43. The molecule has 1 aromatic rings. The van der Waals surface area contributed by atoms with Crippen LogP contribution in [-0.2, 0) is 9.57 Å². The SMILES string of the molecule is O=C([O-])c1ccccc1NOC1O[C@H](CO)[C@H](O)[C@H](O)[C@H]1O.[Na+]. The Labute approximate surface area is 153 Å². The number of carboxylic acids is 1. The summed E-state index contributed by atoms with van der Waals surface area (Å²) in [7, 11) is 0. The minimum atomic E-state index is -1.60. The number of aromatic carboxylic acids is 1. The Morgan fingerprint density at radius 3 is 2.48 bits per heavy atom. The minimum absolute atomic E-state index is 0. The molecule has 5 atom stereocenters. The molecule has 1 heterocycles. The molecule has 1 aromatic carbocycles. The maximum Gasteiger partial charge on any atom is 1.00 e. The van der Waals surface area contributed by atoms with Crippen LogP contribution in [0.25, 0.3) is 0 Å². The van der Waals surface area contributed by atoms with Crippen LogP contribution in [0.5, 0.6) is 0 Å². The minimum Gasteiger partial charge on any atom is -0.545 e. The molecular formula is C13H16NNaO8. The number of aliphatic hydroxyl groups excluding tert-OH is 4. The molecule has 0 radical (unpaired) electrons. The molecule has 0 aromatic heterocycles. The molecule has 1 aliphatic rings. The summed E-state index contributed by atoms with van der Waals surface area (Å²) in [5.41, 5.74) is 2.18. The van der Waals surface area contributed by atoms with Gasteiger partial charge in [0, 0.05) is 5.56 Å². The summed E-state index contributed by atoms with van der Waals surface area (Å²) >= 11 is 0. The number of hydrogen-bond acceptors (Lipinski definition) is 9. The van der Waals surface area contributed by atoms with Gasteiger partial charge in [0.1, 0.15) is 24.4 Å². The van der Waals surface area contributed by atoms with Crippen molar-refractivity contribution >= 4 is 11.7 Å². The zero-order valence-electron chi connectivity index (χ0n) is 12.3. The van der Waals surface area contributed by atoms with Gasteiger partial charge in [0.2, 0.25) is 6.29 Å². The van der Waals surface area contributed by atoms with Crippen LogP contribution in [-0.4, -0.2) is 63.7 Å². The molecule has 9 nitrogen and oxygen atoms in total. The maximum absolute atomic E-state index is 10.9. The van der Waals surface area contributed by atoms with E-state index in [0.717, 1.165) is 0 Å². The van der Waals surface area contributed by atoms with Crippen molar-refractivity contribution in [2.45, 2.75) is 30.7 Å². The fourth-order valence-corrected chi connectivity index (χ4v) is 2.04. The van der Waals surface area contributed by atoms with Crippen LogP contribution in [0, 0.1) is 0 Å². The van der Waals surface area contributed by atoms with Crippen molar-refractivity contribution in [2.75, 3.05) is 12.1 Å². The predicted molar refractivity (Wildman–Crippen MR) is 69.2 cm³/mol. The van der Waals surface area contributed by atoms with Crippen LogP contribution in [0.2, 0.25) is 0 Å². The van der Waals surface area contributed by atoms with Gasteiger partial charge in [0.25, 0.3) is 0 Å². The van der Waals surface area contributed by atoms with Crippen molar-refractivity contribution in [3.05, 3.63) is 29.8 Å². The fourth-order valence-electron chi connectivity index (χ4n) is 2.04. The van der Waals surface area contributed by atoms with Crippen LogP contribution in [0.3, 0.4) is 0 Å². The second-order valence-electron chi connectivity index (χ2n) is 4.75. The first kappa shape index (κ1) is 20.3. The smallest absolute Gasteiger partial charge is 0.545 e. The topological polar surface area (TPSA) is 152 Å². The van der Waals surface area contributed by atoms with E-state index in [1.54, 1.807) is 6.07 Å². The number of hydrogen-bond donors (Lipinski definition) is 5. The molecule has 0 bridgehead atoms. The van der Waals surface area contributed by atoms with Crippen molar-refractivity contribution in [3.63, 3.8) is 0 Å². The standard InChI is InChI=1S/C13H17NO8.Na/c15-5-8-9(16)10(17)11(18)13(21-8)22-14-7-4-2-1-3-6(7)12(19)20;/h1-4,8-11,13-18H,5H2,(H,19,20);/q;+1/p-1/t8-,9+,10+,11-,13?;/m1./s1. The average Bonchev–Trinajstić information content (AvgIpc) is 2.52. The van der Waals surface area contributed by atoms with Crippen LogP contribution in [0.1, 0.15) is 10.4 Å². The first-order valence-electron chi connectivity index (χ1n) is 6.48. The molecular weight excluding hydrogens is 321 g/mol. The van der Waals surface area contributed by atoms with Crippen molar-refractivity contribution in [1.29, 1.82) is 0 Å². The molecule has 1 aliphatic heterocycles. The van der Waals surface area contributed by atoms with E-state index in [-0.39, 0.29) is 40.8 Å². The molecule has 5 N–H and O–H groups in total. The second-order valence-corrected chi connectivity index (χ2v) is 4.75. The molecule has 1 fully saturated rings. The predicted octanol–water partition coefficient (Wildman–Crippen LogP) is -5.80. The van der Waals surface area contributed by atoms with Gasteiger partial charge < -0.3 is 35.1 Å². The Balaban J connectivity index is 0.00000264. The van der Waals surface area contributed by atoms with Crippen LogP contribution in [0.4, 0.5) is 5.69 Å². The first-order chi connectivity index (χ1) is 10.5. The molecule has 122 valence electrons. The number of ether oxygens (including phenoxy) is 1. The van der Waals surface area contributed by atoms with Crippen LogP contribution in [0.15, 0.2) is 24.3 Å². The van der Waals surface area contributed by atoms with E-state index in [1.807, 2.05) is 0 Å². The van der Waals surface area contributed by atoms with Crippen LogP contribution >= 0.6 is 0 Å². The number of rotatable bonds is 5. The van der Waals surface area contributed by atoms with E-state index in [0.29, 0.717) is 0 Å². The Bertz CT molecular complexity index is 528. The number of para-hydroxylation sites is 1. The van der Waals surface area contributed by atoms with E-state index in [1.165, 1.54) is 18.2 Å². The van der Waals surface area contributed by atoms with Gasteiger partial charge in [-0.25, -0.2) is 4.84 Å². The van der Waals surface area contributed by atoms with Gasteiger partial charge in [-0.2, -0.15) is 0 Å². The zero-order chi connectivity index (χ0) is 16.3. The Morgan fingerprint density at radius 1 is 1.22 bits per heavy atom. The summed E-state index contributed by atoms with van der Waals surface area (Å²) in [5, 5.41) is 49.0. The third-order valence-electron chi connectivity index (χ3n) is 3.28. The van der Waals surface area contributed by atoms with Crippen molar-refractivity contribution in [3.8, 4) is 0 Å². The molecule has 23 heavy (non-hydrogen) atoms. The number of carboxylic acid groups (broad SMARTS) is 1. The molecule has 0 amide bonds. The van der Waals surface area contributed by atoms with Gasteiger partial charge in [0.15, 0.2) is 0 Å². The van der Waals surface area contributed by atoms with Crippen molar-refractivity contribution in [1.82, 2.24) is 0 Å². The summed E-state index contributed by atoms with van der Waals surface area (Å²) in [6, 6.07) is 5.72. The molecule has 0 spiro atoms. The van der Waals surface area contributed by atoms with Crippen molar-refractivity contribution in [2.24, 2.45) is 0 Å². The average molecular weight is 337 g/mol. The van der Waals surface area contributed by atoms with Crippen LogP contribution < -0.4 is 40.1 Å². The number of benzene rings is 1. The van der Waals surface area contributed by atoms with Gasteiger partial charge in [-0.05, 0) is 6.07 Å². The van der Waals surface area contributed by atoms with Crippen molar-refractivity contribution < 1.29 is 69.5 Å². The fraction of sp³-hybridized carbons (Fsp3) is 0.462. The molecule has 1 saturated heterocycles. The normalized spacial score (nSPS) is 30.3. The first-order valence-corrected chi connectivity index (χ1v) is 6.48. The number of anilines is 1. The Morgan fingerprint density at radius 2 is 1.87 bits per heavy atom. The summed E-state index contributed by atoms with van der Waals surface area (Å²) in [4.78, 5) is 16.0. The van der Waals surface area contributed by atoms with Gasteiger partial charge in [0.05, 0.1) is 18.3 Å². The summed E-state index contributed by atoms with van der Waals surface area (Å²) < 4.78 is 5.09. The largest absolute Gasteiger partial charge is 1.00 e. The number of carbonyl (C=O) groups is 1.